The highest BCUT2D eigenvalue weighted by Gasteiger charge is 2.36. The minimum absolute atomic E-state index is 0.198. The lowest BCUT2D eigenvalue weighted by Crippen LogP contribution is -2.34. The van der Waals surface area contributed by atoms with E-state index in [2.05, 4.69) is 5.32 Å². The third-order valence-corrected chi connectivity index (χ3v) is 6.62. The maximum Gasteiger partial charge on any atom is 0.293 e. The minimum Gasteiger partial charge on any atom is -0.484 e. The van der Waals surface area contributed by atoms with Crippen molar-refractivity contribution < 1.29 is 23.5 Å². The molecule has 0 radical (unpaired) electrons. The Morgan fingerprint density at radius 1 is 1.06 bits per heavy atom. The topological polar surface area (TPSA) is 75.7 Å². The SMILES string of the molecule is O=C(COc1ccc(/C=C2/SC(=O)N(CC3CCCCC3)C2=O)cc1)Nc1ccc(F)cc1. The van der Waals surface area contributed by atoms with Crippen LogP contribution in [0.5, 0.6) is 5.75 Å². The molecule has 1 N–H and O–H groups in total. The van der Waals surface area contributed by atoms with Crippen molar-refractivity contribution >= 4 is 40.6 Å². The Morgan fingerprint density at radius 3 is 2.45 bits per heavy atom. The van der Waals surface area contributed by atoms with Gasteiger partial charge in [-0.15, -0.1) is 0 Å². The first-order valence-electron chi connectivity index (χ1n) is 11.0. The van der Waals surface area contributed by atoms with Gasteiger partial charge < -0.3 is 10.1 Å². The van der Waals surface area contributed by atoms with Gasteiger partial charge in [0.1, 0.15) is 11.6 Å². The van der Waals surface area contributed by atoms with Gasteiger partial charge in [0, 0.05) is 12.2 Å². The number of amides is 3. The molecule has 1 saturated heterocycles. The number of halogens is 1. The Bertz CT molecular complexity index is 1050. The van der Waals surface area contributed by atoms with Crippen LogP contribution in [0.4, 0.5) is 14.9 Å². The largest absolute Gasteiger partial charge is 0.484 e. The van der Waals surface area contributed by atoms with Crippen molar-refractivity contribution in [3.05, 3.63) is 64.8 Å². The zero-order valence-electron chi connectivity index (χ0n) is 18.1. The average Bonchev–Trinajstić information content (AvgIpc) is 3.08. The van der Waals surface area contributed by atoms with Crippen molar-refractivity contribution in [3.63, 3.8) is 0 Å². The number of hydrogen-bond acceptors (Lipinski definition) is 5. The number of thioether (sulfide) groups is 1. The summed E-state index contributed by atoms with van der Waals surface area (Å²) in [4.78, 5) is 38.9. The standard InChI is InChI=1S/C25H25FN2O4S/c26-19-8-10-20(11-9-19)27-23(29)16-32-21-12-6-17(7-13-21)14-22-24(30)28(25(31)33-22)15-18-4-2-1-3-5-18/h6-14,18H,1-5,15-16H2,(H,27,29)/b22-14+. The Kier molecular flexibility index (Phi) is 7.44. The number of ether oxygens (including phenoxy) is 1. The molecule has 6 nitrogen and oxygen atoms in total. The van der Waals surface area contributed by atoms with Gasteiger partial charge >= 0.3 is 0 Å². The molecule has 0 spiro atoms. The minimum atomic E-state index is -0.377. The fraction of sp³-hybridized carbons (Fsp3) is 0.320. The second kappa shape index (κ2) is 10.7. The Morgan fingerprint density at radius 2 is 1.76 bits per heavy atom. The van der Waals surface area contributed by atoms with Gasteiger partial charge in [-0.3, -0.25) is 19.3 Å². The molecule has 33 heavy (non-hydrogen) atoms. The van der Waals surface area contributed by atoms with Crippen LogP contribution in [0.2, 0.25) is 0 Å². The summed E-state index contributed by atoms with van der Waals surface area (Å²) in [5.74, 6) is -0.0703. The molecule has 0 unspecified atom stereocenters. The van der Waals surface area contributed by atoms with E-state index in [1.807, 2.05) is 0 Å². The lowest BCUT2D eigenvalue weighted by atomic mass is 9.89. The number of nitrogens with zero attached hydrogens (tertiary/aromatic N) is 1. The van der Waals surface area contributed by atoms with Crippen LogP contribution in [-0.2, 0) is 9.59 Å². The van der Waals surface area contributed by atoms with E-state index in [1.54, 1.807) is 30.3 Å². The van der Waals surface area contributed by atoms with Gasteiger partial charge in [-0.2, -0.15) is 0 Å². The molecule has 2 aromatic rings. The summed E-state index contributed by atoms with van der Waals surface area (Å²) < 4.78 is 18.4. The second-order valence-electron chi connectivity index (χ2n) is 8.21. The Hall–Kier alpha value is -3.13. The Labute approximate surface area is 196 Å². The molecule has 4 rings (SSSR count). The number of carbonyl (C=O) groups excluding carboxylic acids is 3. The van der Waals surface area contributed by atoms with Gasteiger partial charge in [-0.25, -0.2) is 4.39 Å². The van der Waals surface area contributed by atoms with Crippen LogP contribution in [0.25, 0.3) is 6.08 Å². The molecule has 1 saturated carbocycles. The molecule has 8 heteroatoms. The highest BCUT2D eigenvalue weighted by atomic mass is 32.2. The smallest absolute Gasteiger partial charge is 0.293 e. The molecule has 0 bridgehead atoms. The third kappa shape index (κ3) is 6.22. The molecular weight excluding hydrogens is 443 g/mol. The van der Waals surface area contributed by atoms with Crippen molar-refractivity contribution in [1.29, 1.82) is 0 Å². The highest BCUT2D eigenvalue weighted by molar-refractivity contribution is 8.18. The molecule has 1 heterocycles. The molecule has 2 aliphatic rings. The van der Waals surface area contributed by atoms with Crippen LogP contribution in [0.1, 0.15) is 37.7 Å². The van der Waals surface area contributed by atoms with Gasteiger partial charge in [0.15, 0.2) is 6.61 Å². The first kappa shape index (κ1) is 23.0. The average molecular weight is 469 g/mol. The lowest BCUT2D eigenvalue weighted by Gasteiger charge is -2.25. The molecule has 172 valence electrons. The van der Waals surface area contributed by atoms with Gasteiger partial charge in [-0.05, 0) is 78.6 Å². The van der Waals surface area contributed by atoms with E-state index < -0.39 is 0 Å². The fourth-order valence-electron chi connectivity index (χ4n) is 3.98. The molecule has 1 aliphatic carbocycles. The molecule has 2 fully saturated rings. The summed E-state index contributed by atoms with van der Waals surface area (Å²) >= 11 is 0.976. The van der Waals surface area contributed by atoms with Gasteiger partial charge in [0.25, 0.3) is 17.1 Å². The number of nitrogens with one attached hydrogen (secondary N) is 1. The van der Waals surface area contributed by atoms with Crippen LogP contribution in [0.15, 0.2) is 53.4 Å². The second-order valence-corrected chi connectivity index (χ2v) is 9.20. The molecule has 0 atom stereocenters. The van der Waals surface area contributed by atoms with E-state index in [9.17, 15) is 18.8 Å². The molecule has 2 aromatic carbocycles. The van der Waals surface area contributed by atoms with Crippen molar-refractivity contribution in [2.45, 2.75) is 32.1 Å². The number of rotatable bonds is 7. The van der Waals surface area contributed by atoms with Crippen molar-refractivity contribution in [1.82, 2.24) is 4.90 Å². The first-order chi connectivity index (χ1) is 16.0. The maximum atomic E-state index is 12.9. The van der Waals surface area contributed by atoms with Crippen molar-refractivity contribution in [3.8, 4) is 5.75 Å². The number of carbonyl (C=O) groups is 3. The molecule has 3 amide bonds. The summed E-state index contributed by atoms with van der Waals surface area (Å²) in [5.41, 5.74) is 1.25. The summed E-state index contributed by atoms with van der Waals surface area (Å²) in [6.45, 7) is 0.311. The van der Waals surface area contributed by atoms with Crippen LogP contribution in [0, 0.1) is 11.7 Å². The quantitative estimate of drug-likeness (QED) is 0.546. The zero-order chi connectivity index (χ0) is 23.2. The lowest BCUT2D eigenvalue weighted by molar-refractivity contribution is -0.123. The molecule has 0 aromatic heterocycles. The van der Waals surface area contributed by atoms with E-state index in [-0.39, 0.29) is 29.5 Å². The van der Waals surface area contributed by atoms with Gasteiger partial charge in [0.2, 0.25) is 0 Å². The monoisotopic (exact) mass is 468 g/mol. The maximum absolute atomic E-state index is 12.9. The predicted molar refractivity (Wildman–Crippen MR) is 126 cm³/mol. The normalized spacial score (nSPS) is 18.1. The summed E-state index contributed by atoms with van der Waals surface area (Å²) in [5, 5.41) is 2.42. The van der Waals surface area contributed by atoms with Crippen LogP contribution in [-0.4, -0.2) is 35.1 Å². The number of benzene rings is 2. The van der Waals surface area contributed by atoms with Crippen LogP contribution >= 0.6 is 11.8 Å². The predicted octanol–water partition coefficient (Wildman–Crippen LogP) is 5.46. The third-order valence-electron chi connectivity index (χ3n) is 5.71. The zero-order valence-corrected chi connectivity index (χ0v) is 18.9. The highest BCUT2D eigenvalue weighted by Crippen LogP contribution is 2.35. The van der Waals surface area contributed by atoms with Gasteiger partial charge in [0.05, 0.1) is 4.91 Å². The molecule has 1 aliphatic heterocycles. The van der Waals surface area contributed by atoms with Crippen LogP contribution in [0.3, 0.4) is 0 Å². The van der Waals surface area contributed by atoms with Crippen molar-refractivity contribution in [2.24, 2.45) is 5.92 Å². The number of hydrogen-bond donors (Lipinski definition) is 1. The summed E-state index contributed by atoms with van der Waals surface area (Å²) in [6.07, 6.45) is 7.42. The van der Waals surface area contributed by atoms with E-state index in [4.69, 9.17) is 4.74 Å². The van der Waals surface area contributed by atoms with E-state index in [0.29, 0.717) is 28.8 Å². The fourth-order valence-corrected chi connectivity index (χ4v) is 4.82. The molecular formula is C25H25FN2O4S. The van der Waals surface area contributed by atoms with Gasteiger partial charge in [-0.1, -0.05) is 31.4 Å². The van der Waals surface area contributed by atoms with Crippen LogP contribution < -0.4 is 10.1 Å². The van der Waals surface area contributed by atoms with E-state index in [0.717, 1.165) is 30.2 Å². The summed E-state index contributed by atoms with van der Waals surface area (Å²) in [7, 11) is 0. The first-order valence-corrected chi connectivity index (χ1v) is 11.8. The van der Waals surface area contributed by atoms with E-state index in [1.165, 1.54) is 48.4 Å². The van der Waals surface area contributed by atoms with Crippen molar-refractivity contribution in [2.75, 3.05) is 18.5 Å². The summed E-state index contributed by atoms with van der Waals surface area (Å²) in [6, 6.07) is 12.4. The van der Waals surface area contributed by atoms with E-state index >= 15 is 0 Å². The number of anilines is 1. The Balaban J connectivity index is 1.30. The number of imide groups is 1.